The van der Waals surface area contributed by atoms with Gasteiger partial charge in [-0.1, -0.05) is 5.16 Å². The molecule has 1 aromatic heterocycles. The maximum Gasteiger partial charge on any atom is 0.159 e. The Bertz CT molecular complexity index is 659. The highest BCUT2D eigenvalue weighted by molar-refractivity contribution is 5.79. The van der Waals surface area contributed by atoms with Crippen LogP contribution in [-0.4, -0.2) is 28.9 Å². The molecule has 0 unspecified atom stereocenters. The molecule has 2 aromatic rings. The Kier molecular flexibility index (Phi) is 3.79. The lowest BCUT2D eigenvalue weighted by molar-refractivity contribution is -0.121. The monoisotopic (exact) mass is 292 g/mol. The number of benzene rings is 1. The molecule has 1 aliphatic rings. The summed E-state index contributed by atoms with van der Waals surface area (Å²) in [5.41, 5.74) is 0.940. The molecule has 6 heteroatoms. The molecule has 1 saturated heterocycles. The lowest BCUT2D eigenvalue weighted by atomic mass is 10.1. The first kappa shape index (κ1) is 13.9. The Balaban J connectivity index is 1.71. The zero-order valence-corrected chi connectivity index (χ0v) is 11.3. The molecule has 2 heterocycles. The van der Waals surface area contributed by atoms with E-state index >= 15 is 0 Å². The molecule has 0 saturated carbocycles. The zero-order chi connectivity index (χ0) is 14.8. The van der Waals surface area contributed by atoms with Crippen LogP contribution in [0.25, 0.3) is 11.3 Å². The van der Waals surface area contributed by atoms with E-state index in [4.69, 9.17) is 4.52 Å². The van der Waals surface area contributed by atoms with Gasteiger partial charge in [0.1, 0.15) is 11.5 Å². The first-order chi connectivity index (χ1) is 10.1. The molecule has 0 N–H and O–H groups in total. The number of nitrogens with zero attached hydrogens (tertiary/aromatic N) is 2. The quantitative estimate of drug-likeness (QED) is 0.872. The van der Waals surface area contributed by atoms with Crippen LogP contribution in [0.4, 0.5) is 8.78 Å². The highest BCUT2D eigenvalue weighted by Gasteiger charge is 2.18. The number of rotatable bonds is 3. The van der Waals surface area contributed by atoms with E-state index in [0.29, 0.717) is 49.5 Å². The van der Waals surface area contributed by atoms with E-state index in [1.165, 1.54) is 6.07 Å². The van der Waals surface area contributed by atoms with Gasteiger partial charge in [-0.3, -0.25) is 9.69 Å². The third-order valence-corrected chi connectivity index (χ3v) is 3.57. The number of ketones is 1. The summed E-state index contributed by atoms with van der Waals surface area (Å²) in [6, 6.07) is 5.33. The van der Waals surface area contributed by atoms with Crippen LogP contribution in [0, 0.1) is 11.6 Å². The fraction of sp³-hybridized carbons (Fsp3) is 0.333. The molecule has 21 heavy (non-hydrogen) atoms. The normalized spacial score (nSPS) is 16.4. The molecular weight excluding hydrogens is 278 g/mol. The Morgan fingerprint density at radius 3 is 2.62 bits per heavy atom. The topological polar surface area (TPSA) is 46.3 Å². The van der Waals surface area contributed by atoms with Gasteiger partial charge in [-0.15, -0.1) is 0 Å². The van der Waals surface area contributed by atoms with E-state index in [0.717, 1.165) is 12.1 Å². The Morgan fingerprint density at radius 1 is 1.14 bits per heavy atom. The lowest BCUT2D eigenvalue weighted by Crippen LogP contribution is -2.33. The molecule has 0 amide bonds. The van der Waals surface area contributed by atoms with E-state index in [-0.39, 0.29) is 5.78 Å². The van der Waals surface area contributed by atoms with Crippen molar-refractivity contribution in [3.63, 3.8) is 0 Å². The van der Waals surface area contributed by atoms with E-state index < -0.39 is 11.6 Å². The van der Waals surface area contributed by atoms with Crippen LogP contribution in [0.3, 0.4) is 0 Å². The van der Waals surface area contributed by atoms with Crippen molar-refractivity contribution in [1.82, 2.24) is 10.1 Å². The van der Waals surface area contributed by atoms with E-state index in [9.17, 15) is 13.6 Å². The lowest BCUT2D eigenvalue weighted by Gasteiger charge is -2.24. The highest BCUT2D eigenvalue weighted by Crippen LogP contribution is 2.22. The van der Waals surface area contributed by atoms with Gasteiger partial charge in [0.15, 0.2) is 17.4 Å². The molecule has 1 aromatic carbocycles. The van der Waals surface area contributed by atoms with Crippen LogP contribution in [-0.2, 0) is 11.3 Å². The molecule has 0 radical (unpaired) electrons. The predicted molar refractivity (Wildman–Crippen MR) is 71.4 cm³/mol. The Hall–Kier alpha value is -2.08. The average Bonchev–Trinajstić information content (AvgIpc) is 2.93. The van der Waals surface area contributed by atoms with Gasteiger partial charge in [0.2, 0.25) is 0 Å². The average molecular weight is 292 g/mol. The smallest absolute Gasteiger partial charge is 0.159 e. The van der Waals surface area contributed by atoms with Crippen molar-refractivity contribution in [3.8, 4) is 11.3 Å². The van der Waals surface area contributed by atoms with Crippen LogP contribution in [0.2, 0.25) is 0 Å². The van der Waals surface area contributed by atoms with Gasteiger partial charge in [-0.2, -0.15) is 0 Å². The number of carbonyl (C=O) groups is 1. The van der Waals surface area contributed by atoms with E-state index in [1.807, 2.05) is 0 Å². The maximum atomic E-state index is 13.2. The molecule has 0 aliphatic carbocycles. The van der Waals surface area contributed by atoms with Crippen LogP contribution in [0.1, 0.15) is 18.6 Å². The van der Waals surface area contributed by atoms with Crippen LogP contribution in [0.15, 0.2) is 28.8 Å². The number of Topliss-reactive ketones (excluding diaryl/α,β-unsaturated/α-hetero) is 1. The second kappa shape index (κ2) is 5.73. The molecule has 0 bridgehead atoms. The van der Waals surface area contributed by atoms with Crippen LogP contribution in [0.5, 0.6) is 0 Å². The van der Waals surface area contributed by atoms with Crippen molar-refractivity contribution < 1.29 is 18.1 Å². The number of piperidine rings is 1. The minimum absolute atomic E-state index is 0.284. The minimum Gasteiger partial charge on any atom is -0.359 e. The third kappa shape index (κ3) is 3.16. The molecule has 1 fully saturated rings. The Labute approximate surface area is 120 Å². The van der Waals surface area contributed by atoms with Gasteiger partial charge in [0, 0.05) is 37.6 Å². The first-order valence-electron chi connectivity index (χ1n) is 6.77. The first-order valence-corrected chi connectivity index (χ1v) is 6.77. The second-order valence-electron chi connectivity index (χ2n) is 5.12. The van der Waals surface area contributed by atoms with E-state index in [1.54, 1.807) is 6.07 Å². The summed E-state index contributed by atoms with van der Waals surface area (Å²) in [4.78, 5) is 13.3. The molecule has 4 nitrogen and oxygen atoms in total. The number of likely N-dealkylation sites (tertiary alicyclic amines) is 1. The van der Waals surface area contributed by atoms with Gasteiger partial charge in [0.05, 0.1) is 6.54 Å². The summed E-state index contributed by atoms with van der Waals surface area (Å²) >= 11 is 0. The number of hydrogen-bond acceptors (Lipinski definition) is 4. The summed E-state index contributed by atoms with van der Waals surface area (Å²) in [6.07, 6.45) is 1.12. The summed E-state index contributed by atoms with van der Waals surface area (Å²) in [5, 5.41) is 3.88. The standard InChI is InChI=1S/C15H14F2N2O2/c16-13-2-1-10(7-14(13)17)15-8-12(21-18-15)9-19-5-3-11(20)4-6-19/h1-2,7-8H,3-6,9H2. The molecule has 1 aliphatic heterocycles. The number of carbonyl (C=O) groups excluding carboxylic acids is 1. The molecule has 110 valence electrons. The van der Waals surface area contributed by atoms with Crippen molar-refractivity contribution in [2.75, 3.05) is 13.1 Å². The molecular formula is C15H14F2N2O2. The van der Waals surface area contributed by atoms with Crippen molar-refractivity contribution in [2.45, 2.75) is 19.4 Å². The number of aromatic nitrogens is 1. The fourth-order valence-electron chi connectivity index (χ4n) is 2.36. The van der Waals surface area contributed by atoms with Crippen molar-refractivity contribution in [2.24, 2.45) is 0 Å². The Morgan fingerprint density at radius 2 is 1.90 bits per heavy atom. The summed E-state index contributed by atoms with van der Waals surface area (Å²) in [5.74, 6) is -0.873. The fourth-order valence-corrected chi connectivity index (χ4v) is 2.36. The summed E-state index contributed by atoms with van der Waals surface area (Å²) < 4.78 is 31.3. The molecule has 3 rings (SSSR count). The molecule has 0 atom stereocenters. The van der Waals surface area contributed by atoms with Gasteiger partial charge in [-0.05, 0) is 18.2 Å². The van der Waals surface area contributed by atoms with Gasteiger partial charge < -0.3 is 4.52 Å². The van der Waals surface area contributed by atoms with Crippen LogP contribution >= 0.6 is 0 Å². The van der Waals surface area contributed by atoms with Crippen molar-refractivity contribution in [3.05, 3.63) is 41.7 Å². The highest BCUT2D eigenvalue weighted by atomic mass is 19.2. The minimum atomic E-state index is -0.911. The largest absolute Gasteiger partial charge is 0.359 e. The van der Waals surface area contributed by atoms with Gasteiger partial charge >= 0.3 is 0 Å². The summed E-state index contributed by atoms with van der Waals surface area (Å²) in [6.45, 7) is 1.98. The predicted octanol–water partition coefficient (Wildman–Crippen LogP) is 2.78. The number of hydrogen-bond donors (Lipinski definition) is 0. The van der Waals surface area contributed by atoms with Crippen molar-refractivity contribution in [1.29, 1.82) is 0 Å². The third-order valence-electron chi connectivity index (χ3n) is 3.57. The zero-order valence-electron chi connectivity index (χ0n) is 11.3. The molecule has 0 spiro atoms. The van der Waals surface area contributed by atoms with E-state index in [2.05, 4.69) is 10.1 Å². The second-order valence-corrected chi connectivity index (χ2v) is 5.12. The van der Waals surface area contributed by atoms with Gasteiger partial charge in [-0.25, -0.2) is 8.78 Å². The number of halogens is 2. The van der Waals surface area contributed by atoms with Gasteiger partial charge in [0.25, 0.3) is 0 Å². The summed E-state index contributed by atoms with van der Waals surface area (Å²) in [7, 11) is 0. The maximum absolute atomic E-state index is 13.2. The van der Waals surface area contributed by atoms with Crippen molar-refractivity contribution >= 4 is 5.78 Å². The SMILES string of the molecule is O=C1CCN(Cc2cc(-c3ccc(F)c(F)c3)no2)CC1. The van der Waals surface area contributed by atoms with Crippen LogP contribution < -0.4 is 0 Å².